The molecule has 0 atom stereocenters. The van der Waals surface area contributed by atoms with Crippen LogP contribution in [0.5, 0.6) is 0 Å². The third-order valence-corrected chi connectivity index (χ3v) is 3.01. The molecule has 0 radical (unpaired) electrons. The summed E-state index contributed by atoms with van der Waals surface area (Å²) >= 11 is 0. The molecule has 0 spiro atoms. The summed E-state index contributed by atoms with van der Waals surface area (Å²) in [7, 11) is 5.30. The van der Waals surface area contributed by atoms with Crippen LogP contribution in [-0.2, 0) is 4.74 Å². The van der Waals surface area contributed by atoms with Crippen molar-refractivity contribution in [1.29, 1.82) is 0 Å². The molecule has 0 amide bonds. The average Bonchev–Trinajstić information content (AvgIpc) is 2.49. The zero-order valence-electron chi connectivity index (χ0n) is 12.5. The second-order valence-electron chi connectivity index (χ2n) is 4.80. The number of aryl methyl sites for hydroxylation is 1. The van der Waals surface area contributed by atoms with Crippen molar-refractivity contribution in [2.45, 2.75) is 6.92 Å². The van der Waals surface area contributed by atoms with Crippen molar-refractivity contribution in [2.24, 2.45) is 0 Å². The lowest BCUT2D eigenvalue weighted by molar-refractivity contribution is 0.0593. The number of methoxy groups -OCH3 is 1. The number of nitrogens with zero attached hydrogens (tertiary/aromatic N) is 3. The van der Waals surface area contributed by atoms with Gasteiger partial charge in [-0.1, -0.05) is 6.07 Å². The molecular formula is C15H18N4O2. The Morgan fingerprint density at radius 2 is 2.00 bits per heavy atom. The molecule has 0 saturated heterocycles. The van der Waals surface area contributed by atoms with Gasteiger partial charge in [0.2, 0.25) is 0 Å². The molecule has 0 aliphatic rings. The summed E-state index contributed by atoms with van der Waals surface area (Å²) in [4.78, 5) is 21.5. The minimum Gasteiger partial charge on any atom is -0.464 e. The first-order valence-electron chi connectivity index (χ1n) is 6.46. The molecule has 2 aromatic rings. The van der Waals surface area contributed by atoms with Crippen LogP contribution < -0.4 is 10.2 Å². The zero-order chi connectivity index (χ0) is 15.4. The van der Waals surface area contributed by atoms with E-state index in [9.17, 15) is 4.79 Å². The number of aromatic nitrogens is 2. The molecule has 21 heavy (non-hydrogen) atoms. The lowest BCUT2D eigenvalue weighted by Crippen LogP contribution is -2.10. The van der Waals surface area contributed by atoms with Crippen molar-refractivity contribution in [3.63, 3.8) is 0 Å². The third kappa shape index (κ3) is 3.47. The van der Waals surface area contributed by atoms with E-state index in [2.05, 4.69) is 26.9 Å². The fourth-order valence-electron chi connectivity index (χ4n) is 1.92. The number of carbonyl (C=O) groups is 1. The van der Waals surface area contributed by atoms with Crippen LogP contribution in [0.4, 0.5) is 17.2 Å². The largest absolute Gasteiger partial charge is 0.464 e. The van der Waals surface area contributed by atoms with Crippen molar-refractivity contribution < 1.29 is 9.53 Å². The van der Waals surface area contributed by atoms with Gasteiger partial charge in [0.25, 0.3) is 0 Å². The minimum absolute atomic E-state index is 0.181. The monoisotopic (exact) mass is 286 g/mol. The van der Waals surface area contributed by atoms with E-state index in [4.69, 9.17) is 0 Å². The van der Waals surface area contributed by atoms with Gasteiger partial charge in [0, 0.05) is 25.5 Å². The molecule has 1 aromatic carbocycles. The number of rotatable bonds is 4. The van der Waals surface area contributed by atoms with Gasteiger partial charge in [-0.25, -0.2) is 14.8 Å². The summed E-state index contributed by atoms with van der Waals surface area (Å²) in [5, 5.41) is 3.16. The Morgan fingerprint density at radius 3 is 2.57 bits per heavy atom. The highest BCUT2D eigenvalue weighted by Gasteiger charge is 2.08. The number of hydrogen-bond donors (Lipinski definition) is 1. The average molecular weight is 286 g/mol. The topological polar surface area (TPSA) is 67.3 Å². The Balaban J connectivity index is 2.18. The molecule has 1 N–H and O–H groups in total. The van der Waals surface area contributed by atoms with Gasteiger partial charge < -0.3 is 15.0 Å². The second-order valence-corrected chi connectivity index (χ2v) is 4.80. The summed E-state index contributed by atoms with van der Waals surface area (Å²) in [6.07, 6.45) is 2.89. The van der Waals surface area contributed by atoms with Gasteiger partial charge in [-0.2, -0.15) is 0 Å². The van der Waals surface area contributed by atoms with E-state index < -0.39 is 5.97 Å². The maximum absolute atomic E-state index is 11.3. The Bertz CT molecular complexity index is 639. The van der Waals surface area contributed by atoms with Crippen molar-refractivity contribution >= 4 is 23.2 Å². The number of nitrogens with one attached hydrogen (secondary N) is 1. The molecule has 0 unspecified atom stereocenters. The van der Waals surface area contributed by atoms with Crippen LogP contribution in [0.2, 0.25) is 0 Å². The maximum Gasteiger partial charge on any atom is 0.358 e. The predicted octanol–water partition coefficient (Wildman–Crippen LogP) is 2.38. The normalized spacial score (nSPS) is 10.1. The number of carbonyl (C=O) groups excluding carboxylic acids is 1. The third-order valence-electron chi connectivity index (χ3n) is 3.01. The molecule has 1 heterocycles. The first-order chi connectivity index (χ1) is 10.0. The molecule has 0 saturated carbocycles. The highest BCUT2D eigenvalue weighted by atomic mass is 16.5. The molecule has 6 heteroatoms. The van der Waals surface area contributed by atoms with Gasteiger partial charge in [0.15, 0.2) is 5.69 Å². The van der Waals surface area contributed by atoms with Gasteiger partial charge in [-0.15, -0.1) is 0 Å². The van der Waals surface area contributed by atoms with Crippen LogP contribution in [0.15, 0.2) is 30.6 Å². The van der Waals surface area contributed by atoms with Crippen LogP contribution in [0.25, 0.3) is 0 Å². The highest BCUT2D eigenvalue weighted by Crippen LogP contribution is 2.24. The molecule has 0 fully saturated rings. The number of hydrogen-bond acceptors (Lipinski definition) is 6. The van der Waals surface area contributed by atoms with E-state index in [0.717, 1.165) is 11.4 Å². The molecule has 1 aromatic heterocycles. The first-order valence-corrected chi connectivity index (χ1v) is 6.46. The number of esters is 1. The van der Waals surface area contributed by atoms with Gasteiger partial charge >= 0.3 is 5.97 Å². The van der Waals surface area contributed by atoms with E-state index in [0.29, 0.717) is 5.82 Å². The molecule has 0 aliphatic heterocycles. The minimum atomic E-state index is -0.501. The van der Waals surface area contributed by atoms with Crippen molar-refractivity contribution in [3.05, 3.63) is 41.9 Å². The smallest absolute Gasteiger partial charge is 0.358 e. The number of benzene rings is 1. The summed E-state index contributed by atoms with van der Waals surface area (Å²) in [6, 6.07) is 6.04. The second kappa shape index (κ2) is 6.21. The summed E-state index contributed by atoms with van der Waals surface area (Å²) in [5.41, 5.74) is 3.40. The Kier molecular flexibility index (Phi) is 4.37. The zero-order valence-corrected chi connectivity index (χ0v) is 12.5. The van der Waals surface area contributed by atoms with Crippen LogP contribution in [0.3, 0.4) is 0 Å². The van der Waals surface area contributed by atoms with Gasteiger partial charge in [0.1, 0.15) is 5.82 Å². The first kappa shape index (κ1) is 14.8. The summed E-state index contributed by atoms with van der Waals surface area (Å²) in [5.74, 6) is 0.0653. The number of anilines is 3. The SMILES string of the molecule is COC(=O)c1cnc(Nc2ccc(C)c(N(C)C)c2)cn1. The predicted molar refractivity (Wildman–Crippen MR) is 82.2 cm³/mol. The van der Waals surface area contributed by atoms with Crippen LogP contribution in [-0.4, -0.2) is 37.1 Å². The molecular weight excluding hydrogens is 268 g/mol. The fourth-order valence-corrected chi connectivity index (χ4v) is 1.92. The molecule has 0 bridgehead atoms. The summed E-state index contributed by atoms with van der Waals surface area (Å²) < 4.78 is 4.58. The van der Waals surface area contributed by atoms with E-state index in [1.807, 2.05) is 37.2 Å². The van der Waals surface area contributed by atoms with Gasteiger partial charge in [-0.05, 0) is 24.6 Å². The van der Waals surface area contributed by atoms with E-state index >= 15 is 0 Å². The van der Waals surface area contributed by atoms with E-state index in [-0.39, 0.29) is 5.69 Å². The Labute approximate surface area is 123 Å². The van der Waals surface area contributed by atoms with Crippen LogP contribution >= 0.6 is 0 Å². The molecule has 2 rings (SSSR count). The van der Waals surface area contributed by atoms with Crippen molar-refractivity contribution in [3.8, 4) is 0 Å². The van der Waals surface area contributed by atoms with Gasteiger partial charge in [-0.3, -0.25) is 0 Å². The Hall–Kier alpha value is -2.63. The maximum atomic E-state index is 11.3. The van der Waals surface area contributed by atoms with Crippen molar-refractivity contribution in [2.75, 3.05) is 31.4 Å². The molecule has 0 aliphatic carbocycles. The van der Waals surface area contributed by atoms with Gasteiger partial charge in [0.05, 0.1) is 19.5 Å². The van der Waals surface area contributed by atoms with Crippen LogP contribution in [0, 0.1) is 6.92 Å². The standard InChI is InChI=1S/C15H18N4O2/c1-10-5-6-11(7-13(10)19(2)3)18-14-9-16-12(8-17-14)15(20)21-4/h5-9H,1-4H3,(H,17,18). The quantitative estimate of drug-likeness (QED) is 0.870. The fraction of sp³-hybridized carbons (Fsp3) is 0.267. The van der Waals surface area contributed by atoms with Crippen molar-refractivity contribution in [1.82, 2.24) is 9.97 Å². The molecule has 6 nitrogen and oxygen atoms in total. The lowest BCUT2D eigenvalue weighted by Gasteiger charge is -2.17. The highest BCUT2D eigenvalue weighted by molar-refractivity contribution is 5.86. The van der Waals surface area contributed by atoms with Crippen LogP contribution in [0.1, 0.15) is 16.1 Å². The molecule has 110 valence electrons. The summed E-state index contributed by atoms with van der Waals surface area (Å²) in [6.45, 7) is 2.06. The number of ether oxygens (including phenoxy) is 1. The van der Waals surface area contributed by atoms with E-state index in [1.165, 1.54) is 25.1 Å². The van der Waals surface area contributed by atoms with E-state index in [1.54, 1.807) is 0 Å². The Morgan fingerprint density at radius 1 is 1.24 bits per heavy atom. The lowest BCUT2D eigenvalue weighted by atomic mass is 10.1.